The molecule has 92 valence electrons. The third-order valence-electron chi connectivity index (χ3n) is 3.68. The number of carbonyl (C=O) groups is 1. The van der Waals surface area contributed by atoms with Crippen LogP contribution in [-0.2, 0) is 11.2 Å². The van der Waals surface area contributed by atoms with Gasteiger partial charge in [-0.3, -0.25) is 9.69 Å². The number of nitrogens with zero attached hydrogens (tertiary/aromatic N) is 1. The average molecular weight is 231 g/mol. The second kappa shape index (κ2) is 5.46. The second-order valence-electron chi connectivity index (χ2n) is 5.12. The summed E-state index contributed by atoms with van der Waals surface area (Å²) in [6, 6.07) is 11.5. The van der Waals surface area contributed by atoms with Crippen LogP contribution in [0.1, 0.15) is 32.3 Å². The highest BCUT2D eigenvalue weighted by Gasteiger charge is 2.26. The van der Waals surface area contributed by atoms with E-state index in [0.29, 0.717) is 17.9 Å². The molecule has 2 nitrogen and oxygen atoms in total. The molecule has 1 heterocycles. The van der Waals surface area contributed by atoms with E-state index in [-0.39, 0.29) is 0 Å². The maximum atomic E-state index is 11.4. The van der Waals surface area contributed by atoms with Crippen LogP contribution in [0.3, 0.4) is 0 Å². The van der Waals surface area contributed by atoms with Gasteiger partial charge in [-0.2, -0.15) is 0 Å². The van der Waals surface area contributed by atoms with Crippen LogP contribution in [0.5, 0.6) is 0 Å². The second-order valence-corrected chi connectivity index (χ2v) is 5.12. The SMILES string of the molecule is CC1CC(=O)CCN1C(C)Cc1ccccc1. The van der Waals surface area contributed by atoms with Crippen LogP contribution in [0.4, 0.5) is 0 Å². The largest absolute Gasteiger partial charge is 0.300 e. The highest BCUT2D eigenvalue weighted by atomic mass is 16.1. The molecular formula is C15H21NO. The van der Waals surface area contributed by atoms with Crippen molar-refractivity contribution in [2.75, 3.05) is 6.54 Å². The maximum absolute atomic E-state index is 11.4. The Hall–Kier alpha value is -1.15. The Morgan fingerprint density at radius 1 is 1.35 bits per heavy atom. The third kappa shape index (κ3) is 3.16. The lowest BCUT2D eigenvalue weighted by atomic mass is 9.97. The van der Waals surface area contributed by atoms with Crippen molar-refractivity contribution >= 4 is 5.78 Å². The van der Waals surface area contributed by atoms with Crippen LogP contribution in [-0.4, -0.2) is 29.3 Å². The first kappa shape index (κ1) is 12.3. The summed E-state index contributed by atoms with van der Waals surface area (Å²) >= 11 is 0. The summed E-state index contributed by atoms with van der Waals surface area (Å²) in [5, 5.41) is 0. The van der Waals surface area contributed by atoms with Crippen molar-refractivity contribution in [2.24, 2.45) is 0 Å². The fourth-order valence-corrected chi connectivity index (χ4v) is 2.75. The van der Waals surface area contributed by atoms with E-state index in [1.807, 2.05) is 0 Å². The number of Topliss-reactive ketones (excluding diaryl/α,β-unsaturated/α-hetero) is 1. The molecular weight excluding hydrogens is 210 g/mol. The Morgan fingerprint density at radius 3 is 2.71 bits per heavy atom. The molecule has 2 heteroatoms. The van der Waals surface area contributed by atoms with E-state index in [2.05, 4.69) is 49.1 Å². The Morgan fingerprint density at radius 2 is 2.06 bits per heavy atom. The average Bonchev–Trinajstić information content (AvgIpc) is 2.30. The molecule has 0 aromatic heterocycles. The maximum Gasteiger partial charge on any atom is 0.135 e. The van der Waals surface area contributed by atoms with Gasteiger partial charge < -0.3 is 0 Å². The van der Waals surface area contributed by atoms with Gasteiger partial charge in [0.25, 0.3) is 0 Å². The molecule has 1 fully saturated rings. The Bertz CT molecular complexity index is 374. The van der Waals surface area contributed by atoms with E-state index in [0.717, 1.165) is 25.8 Å². The zero-order chi connectivity index (χ0) is 12.3. The van der Waals surface area contributed by atoms with E-state index in [9.17, 15) is 4.79 Å². The van der Waals surface area contributed by atoms with Gasteiger partial charge in [-0.25, -0.2) is 0 Å². The van der Waals surface area contributed by atoms with Crippen LogP contribution in [0, 0.1) is 0 Å². The Balaban J connectivity index is 1.96. The van der Waals surface area contributed by atoms with E-state index in [1.165, 1.54) is 5.56 Å². The minimum atomic E-state index is 0.398. The molecule has 1 aromatic rings. The van der Waals surface area contributed by atoms with Gasteiger partial charge in [-0.1, -0.05) is 30.3 Å². The van der Waals surface area contributed by atoms with Gasteiger partial charge in [0.2, 0.25) is 0 Å². The van der Waals surface area contributed by atoms with Gasteiger partial charge in [-0.05, 0) is 25.8 Å². The van der Waals surface area contributed by atoms with Gasteiger partial charge in [0.05, 0.1) is 0 Å². The van der Waals surface area contributed by atoms with Crippen molar-refractivity contribution in [3.05, 3.63) is 35.9 Å². The smallest absolute Gasteiger partial charge is 0.135 e. The standard InChI is InChI=1S/C15H21NO/c1-12(10-14-6-4-3-5-7-14)16-9-8-15(17)11-13(16)2/h3-7,12-13H,8-11H2,1-2H3. The summed E-state index contributed by atoms with van der Waals surface area (Å²) in [7, 11) is 0. The fraction of sp³-hybridized carbons (Fsp3) is 0.533. The van der Waals surface area contributed by atoms with Crippen LogP contribution in [0.2, 0.25) is 0 Å². The van der Waals surface area contributed by atoms with Gasteiger partial charge in [0.15, 0.2) is 0 Å². The normalized spacial score (nSPS) is 23.6. The number of hydrogen-bond donors (Lipinski definition) is 0. The number of ketones is 1. The summed E-state index contributed by atoms with van der Waals surface area (Å²) in [4.78, 5) is 13.8. The molecule has 1 aliphatic rings. The van der Waals surface area contributed by atoms with Crippen molar-refractivity contribution in [2.45, 2.75) is 45.2 Å². The van der Waals surface area contributed by atoms with Crippen molar-refractivity contribution in [1.82, 2.24) is 4.90 Å². The van der Waals surface area contributed by atoms with Crippen LogP contribution in [0.15, 0.2) is 30.3 Å². The first-order valence-corrected chi connectivity index (χ1v) is 6.48. The number of benzene rings is 1. The number of likely N-dealkylation sites (tertiary alicyclic amines) is 1. The molecule has 0 radical (unpaired) electrons. The molecule has 0 saturated carbocycles. The summed E-state index contributed by atoms with van der Waals surface area (Å²) in [5.41, 5.74) is 1.38. The molecule has 2 atom stereocenters. The molecule has 1 aliphatic heterocycles. The van der Waals surface area contributed by atoms with Crippen LogP contribution >= 0.6 is 0 Å². The lowest BCUT2D eigenvalue weighted by molar-refractivity contribution is -0.123. The molecule has 0 aliphatic carbocycles. The third-order valence-corrected chi connectivity index (χ3v) is 3.68. The lowest BCUT2D eigenvalue weighted by Crippen LogP contribution is -2.46. The first-order chi connectivity index (χ1) is 8.16. The van der Waals surface area contributed by atoms with Crippen molar-refractivity contribution < 1.29 is 4.79 Å². The molecule has 17 heavy (non-hydrogen) atoms. The minimum absolute atomic E-state index is 0.398. The molecule has 2 rings (SSSR count). The fourth-order valence-electron chi connectivity index (χ4n) is 2.75. The van der Waals surface area contributed by atoms with Crippen molar-refractivity contribution in [1.29, 1.82) is 0 Å². The monoisotopic (exact) mass is 231 g/mol. The number of carbonyl (C=O) groups excluding carboxylic acids is 1. The van der Waals surface area contributed by atoms with Crippen molar-refractivity contribution in [3.63, 3.8) is 0 Å². The molecule has 0 N–H and O–H groups in total. The summed E-state index contributed by atoms with van der Waals surface area (Å²) in [6.45, 7) is 5.35. The van der Waals surface area contributed by atoms with E-state index < -0.39 is 0 Å². The predicted molar refractivity (Wildman–Crippen MR) is 70.0 cm³/mol. The quantitative estimate of drug-likeness (QED) is 0.797. The van der Waals surface area contributed by atoms with E-state index >= 15 is 0 Å². The van der Waals surface area contributed by atoms with E-state index in [4.69, 9.17) is 0 Å². The molecule has 1 aromatic carbocycles. The van der Waals surface area contributed by atoms with Gasteiger partial charge in [0, 0.05) is 31.5 Å². The molecule has 1 saturated heterocycles. The van der Waals surface area contributed by atoms with Crippen LogP contribution < -0.4 is 0 Å². The molecule has 0 amide bonds. The minimum Gasteiger partial charge on any atom is -0.300 e. The molecule has 0 spiro atoms. The summed E-state index contributed by atoms with van der Waals surface area (Å²) in [6.07, 6.45) is 2.52. The molecule has 2 unspecified atom stereocenters. The highest BCUT2D eigenvalue weighted by Crippen LogP contribution is 2.19. The van der Waals surface area contributed by atoms with Gasteiger partial charge >= 0.3 is 0 Å². The number of hydrogen-bond acceptors (Lipinski definition) is 2. The Labute approximate surface area is 104 Å². The predicted octanol–water partition coefficient (Wildman–Crippen LogP) is 2.67. The van der Waals surface area contributed by atoms with E-state index in [1.54, 1.807) is 0 Å². The molecule has 0 bridgehead atoms. The summed E-state index contributed by atoms with van der Waals surface area (Å²) in [5.74, 6) is 0.417. The number of piperidine rings is 1. The van der Waals surface area contributed by atoms with Crippen molar-refractivity contribution in [3.8, 4) is 0 Å². The van der Waals surface area contributed by atoms with Gasteiger partial charge in [0.1, 0.15) is 5.78 Å². The first-order valence-electron chi connectivity index (χ1n) is 6.48. The highest BCUT2D eigenvalue weighted by molar-refractivity contribution is 5.79. The zero-order valence-corrected chi connectivity index (χ0v) is 10.7. The zero-order valence-electron chi connectivity index (χ0n) is 10.7. The lowest BCUT2D eigenvalue weighted by Gasteiger charge is -2.37. The van der Waals surface area contributed by atoms with Crippen LogP contribution in [0.25, 0.3) is 0 Å². The van der Waals surface area contributed by atoms with Gasteiger partial charge in [-0.15, -0.1) is 0 Å². The topological polar surface area (TPSA) is 20.3 Å². The Kier molecular flexibility index (Phi) is 3.95. The number of rotatable bonds is 3. The summed E-state index contributed by atoms with van der Waals surface area (Å²) < 4.78 is 0.